The average molecular weight is 337 g/mol. The van der Waals surface area contributed by atoms with Gasteiger partial charge in [0, 0.05) is 19.6 Å². The van der Waals surface area contributed by atoms with Crippen molar-refractivity contribution in [1.82, 2.24) is 0 Å². The first-order valence-corrected chi connectivity index (χ1v) is 7.08. The fourth-order valence-electron chi connectivity index (χ4n) is 1.50. The van der Waals surface area contributed by atoms with Crippen LogP contribution in [-0.4, -0.2) is 0 Å². The highest BCUT2D eigenvalue weighted by Gasteiger charge is 2.05. The summed E-state index contributed by atoms with van der Waals surface area (Å²) in [6, 6.07) is 10.3. The van der Waals surface area contributed by atoms with Crippen LogP contribution in [0.4, 0.5) is 11.4 Å². The Morgan fingerprint density at radius 3 is 1.57 bits per heavy atom. The lowest BCUT2D eigenvalue weighted by molar-refractivity contribution is 1.36. The summed E-state index contributed by atoms with van der Waals surface area (Å²) in [6.07, 6.45) is 0. The molecule has 2 aromatic carbocycles. The molecular weight excluding hydrogens is 331 g/mol. The van der Waals surface area contributed by atoms with E-state index in [0.717, 1.165) is 9.79 Å². The van der Waals surface area contributed by atoms with E-state index in [2.05, 4.69) is 20.1 Å². The van der Waals surface area contributed by atoms with Crippen molar-refractivity contribution in [2.75, 3.05) is 0 Å². The van der Waals surface area contributed by atoms with Gasteiger partial charge in [0.2, 0.25) is 0 Å². The van der Waals surface area contributed by atoms with Gasteiger partial charge in [-0.2, -0.15) is 0 Å². The monoisotopic (exact) mass is 336 g/mol. The maximum atomic E-state index is 8.39. The van der Waals surface area contributed by atoms with Gasteiger partial charge in [-0.3, -0.25) is 0 Å². The lowest BCUT2D eigenvalue weighted by Crippen LogP contribution is -1.76. The highest BCUT2D eigenvalue weighted by Crippen LogP contribution is 2.36. The van der Waals surface area contributed by atoms with Crippen LogP contribution in [0.15, 0.2) is 56.4 Å². The van der Waals surface area contributed by atoms with Crippen LogP contribution < -0.4 is 0 Å². The van der Waals surface area contributed by atoms with E-state index in [-0.39, 0.29) is 0 Å². The van der Waals surface area contributed by atoms with Gasteiger partial charge in [-0.25, -0.2) is 0 Å². The van der Waals surface area contributed by atoms with E-state index in [4.69, 9.17) is 34.3 Å². The predicted molar refractivity (Wildman–Crippen MR) is 84.6 cm³/mol. The minimum Gasteiger partial charge on any atom is -0.0900 e. The largest absolute Gasteiger partial charge is 0.0900 e. The molecule has 0 saturated heterocycles. The molecule has 0 heterocycles. The molecule has 9 heteroatoms. The van der Waals surface area contributed by atoms with Gasteiger partial charge in [-0.05, 0) is 35.3 Å². The molecule has 2 aromatic rings. The zero-order valence-electron chi connectivity index (χ0n) is 10.3. The molecule has 104 valence electrons. The fraction of sp³-hybridized carbons (Fsp3) is 0. The van der Waals surface area contributed by atoms with E-state index in [1.165, 1.54) is 11.8 Å². The molecule has 2 rings (SSSR count). The topological polar surface area (TPSA) is 97.5 Å². The summed E-state index contributed by atoms with van der Waals surface area (Å²) in [5.74, 6) is 0. The minimum absolute atomic E-state index is 0.370. The summed E-state index contributed by atoms with van der Waals surface area (Å²) >= 11 is 13.5. The third-order valence-corrected chi connectivity index (χ3v) is 3.96. The number of hydrogen-bond acceptors (Lipinski definition) is 3. The van der Waals surface area contributed by atoms with Crippen molar-refractivity contribution in [3.8, 4) is 0 Å². The summed E-state index contributed by atoms with van der Waals surface area (Å²) < 4.78 is 0. The Morgan fingerprint density at radius 1 is 0.810 bits per heavy atom. The van der Waals surface area contributed by atoms with E-state index >= 15 is 0 Å². The van der Waals surface area contributed by atoms with E-state index in [1.807, 2.05) is 0 Å². The highest BCUT2D eigenvalue weighted by atomic mass is 35.5. The third-order valence-electron chi connectivity index (χ3n) is 2.38. The lowest BCUT2D eigenvalue weighted by Gasteiger charge is -2.05. The van der Waals surface area contributed by atoms with E-state index < -0.39 is 0 Å². The van der Waals surface area contributed by atoms with Crippen LogP contribution in [0, 0.1) is 0 Å². The quantitative estimate of drug-likeness (QED) is 0.334. The van der Waals surface area contributed by atoms with E-state index in [1.54, 1.807) is 36.4 Å². The van der Waals surface area contributed by atoms with Gasteiger partial charge in [-0.15, -0.1) is 0 Å². The first-order chi connectivity index (χ1) is 10.1. The van der Waals surface area contributed by atoms with E-state index in [9.17, 15) is 0 Å². The number of benzene rings is 2. The molecule has 0 atom stereocenters. The Bertz CT molecular complexity index is 716. The smallest absolute Gasteiger partial charge is 0.0562 e. The van der Waals surface area contributed by atoms with Gasteiger partial charge >= 0.3 is 0 Å². The van der Waals surface area contributed by atoms with Gasteiger partial charge in [0.05, 0.1) is 21.4 Å². The van der Waals surface area contributed by atoms with Crippen LogP contribution in [0.2, 0.25) is 10.0 Å². The van der Waals surface area contributed by atoms with Crippen LogP contribution >= 0.6 is 35.0 Å². The van der Waals surface area contributed by atoms with Gasteiger partial charge in [-0.1, -0.05) is 57.3 Å². The summed E-state index contributed by atoms with van der Waals surface area (Å²) in [7, 11) is 0. The molecule has 0 aliphatic rings. The van der Waals surface area contributed by atoms with Crippen molar-refractivity contribution in [2.24, 2.45) is 10.2 Å². The van der Waals surface area contributed by atoms with Crippen molar-refractivity contribution in [1.29, 1.82) is 0 Å². The predicted octanol–water partition coefficient (Wildman–Crippen LogP) is 7.03. The second kappa shape index (κ2) is 7.13. The molecule has 0 unspecified atom stereocenters. The van der Waals surface area contributed by atoms with Crippen molar-refractivity contribution < 1.29 is 0 Å². The molecule has 6 nitrogen and oxygen atoms in total. The molecule has 21 heavy (non-hydrogen) atoms. The number of hydrogen-bond donors (Lipinski definition) is 0. The standard InChI is InChI=1S/C12H6Cl2N6S/c13-9-5-7(1-3-11(9)17-19-15)21-8-2-4-12(18-20-16)10(14)6-8/h1-6H. The van der Waals surface area contributed by atoms with Crippen LogP contribution in [-0.2, 0) is 0 Å². The van der Waals surface area contributed by atoms with Crippen molar-refractivity contribution >= 4 is 46.3 Å². The summed E-state index contributed by atoms with van der Waals surface area (Å²) in [4.78, 5) is 7.12. The molecule has 0 aliphatic heterocycles. The molecular formula is C12H6Cl2N6S. The third kappa shape index (κ3) is 3.98. The van der Waals surface area contributed by atoms with Crippen LogP contribution in [0.3, 0.4) is 0 Å². The minimum atomic E-state index is 0.370. The number of halogens is 2. The first kappa shape index (κ1) is 15.4. The normalized spacial score (nSPS) is 9.62. The lowest BCUT2D eigenvalue weighted by atomic mass is 10.3. The molecule has 0 N–H and O–H groups in total. The Kier molecular flexibility index (Phi) is 5.22. The van der Waals surface area contributed by atoms with Gasteiger partial charge < -0.3 is 0 Å². The zero-order chi connectivity index (χ0) is 15.2. The highest BCUT2D eigenvalue weighted by molar-refractivity contribution is 7.99. The fourth-order valence-corrected chi connectivity index (χ4v) is 2.96. The summed E-state index contributed by atoms with van der Waals surface area (Å²) in [5.41, 5.74) is 17.5. The van der Waals surface area contributed by atoms with Crippen LogP contribution in [0.1, 0.15) is 0 Å². The molecule has 0 radical (unpaired) electrons. The molecule has 0 amide bonds. The Morgan fingerprint density at radius 2 is 1.24 bits per heavy atom. The molecule has 0 fully saturated rings. The van der Waals surface area contributed by atoms with Crippen molar-refractivity contribution in [3.05, 3.63) is 67.3 Å². The second-order valence-corrected chi connectivity index (χ2v) is 5.67. The van der Waals surface area contributed by atoms with Gasteiger partial charge in [0.15, 0.2) is 0 Å². The van der Waals surface area contributed by atoms with Gasteiger partial charge in [0.1, 0.15) is 0 Å². The molecule has 0 aliphatic carbocycles. The van der Waals surface area contributed by atoms with Crippen LogP contribution in [0.5, 0.6) is 0 Å². The maximum absolute atomic E-state index is 8.39. The number of nitrogens with zero attached hydrogens (tertiary/aromatic N) is 6. The first-order valence-electron chi connectivity index (χ1n) is 5.51. The SMILES string of the molecule is [N-]=[N+]=Nc1ccc(Sc2ccc(N=[N+]=[N-])c(Cl)c2)cc1Cl. The van der Waals surface area contributed by atoms with Gasteiger partial charge in [0.25, 0.3) is 0 Å². The number of rotatable bonds is 4. The zero-order valence-corrected chi connectivity index (χ0v) is 12.6. The van der Waals surface area contributed by atoms with E-state index in [0.29, 0.717) is 21.4 Å². The van der Waals surface area contributed by atoms with Crippen molar-refractivity contribution in [3.63, 3.8) is 0 Å². The summed E-state index contributed by atoms with van der Waals surface area (Å²) in [5, 5.41) is 7.68. The molecule has 0 bridgehead atoms. The molecule has 0 aromatic heterocycles. The molecule has 0 spiro atoms. The summed E-state index contributed by atoms with van der Waals surface area (Å²) in [6.45, 7) is 0. The van der Waals surface area contributed by atoms with Crippen LogP contribution in [0.25, 0.3) is 20.9 Å². The van der Waals surface area contributed by atoms with Crippen molar-refractivity contribution in [2.45, 2.75) is 9.79 Å². The number of azide groups is 2. The average Bonchev–Trinajstić information content (AvgIpc) is 2.45. The Hall–Kier alpha value is -2.01. The Labute approximate surface area is 133 Å². The second-order valence-electron chi connectivity index (χ2n) is 3.71. The molecule has 0 saturated carbocycles. The Balaban J connectivity index is 2.26. The maximum Gasteiger partial charge on any atom is 0.0562 e.